The molecule has 2 aromatic carbocycles. The van der Waals surface area contributed by atoms with Crippen molar-refractivity contribution in [3.8, 4) is 0 Å². The Balaban J connectivity index is 2.44. The van der Waals surface area contributed by atoms with Crippen LogP contribution in [0.5, 0.6) is 0 Å². The molecule has 1 N–H and O–H groups in total. The molecular formula is C15H14FNO4S. The summed E-state index contributed by atoms with van der Waals surface area (Å²) in [6.45, 7) is 1.82. The number of rotatable bonds is 4. The lowest BCUT2D eigenvalue weighted by molar-refractivity contribution is 0.0696. The number of aryl methyl sites for hydroxylation is 1. The molecule has 0 aromatic heterocycles. The van der Waals surface area contributed by atoms with Gasteiger partial charge in [0.1, 0.15) is 5.82 Å². The second-order valence-electron chi connectivity index (χ2n) is 4.76. The SMILES string of the molecule is Cc1ccc(S(=O)(=O)N(C)c2ccc(C(=O)O)cc2F)cc1. The molecule has 0 saturated heterocycles. The van der Waals surface area contributed by atoms with Crippen molar-refractivity contribution in [2.24, 2.45) is 0 Å². The highest BCUT2D eigenvalue weighted by atomic mass is 32.2. The molecule has 22 heavy (non-hydrogen) atoms. The second-order valence-corrected chi connectivity index (χ2v) is 6.73. The van der Waals surface area contributed by atoms with Crippen LogP contribution in [0.3, 0.4) is 0 Å². The van der Waals surface area contributed by atoms with E-state index >= 15 is 0 Å². The van der Waals surface area contributed by atoms with E-state index in [9.17, 15) is 17.6 Å². The molecule has 0 fully saturated rings. The van der Waals surface area contributed by atoms with E-state index in [1.165, 1.54) is 19.2 Å². The molecule has 2 rings (SSSR count). The maximum absolute atomic E-state index is 14.0. The third-order valence-corrected chi connectivity index (χ3v) is 5.00. The van der Waals surface area contributed by atoms with Crippen LogP contribution in [0.25, 0.3) is 0 Å². The molecule has 0 saturated carbocycles. The van der Waals surface area contributed by atoms with Crippen molar-refractivity contribution in [3.05, 3.63) is 59.4 Å². The Morgan fingerprint density at radius 1 is 1.14 bits per heavy atom. The highest BCUT2D eigenvalue weighted by Gasteiger charge is 2.24. The van der Waals surface area contributed by atoms with Gasteiger partial charge >= 0.3 is 5.97 Å². The summed E-state index contributed by atoms with van der Waals surface area (Å²) < 4.78 is 39.7. The van der Waals surface area contributed by atoms with Gasteiger partial charge in [0.05, 0.1) is 16.1 Å². The lowest BCUT2D eigenvalue weighted by atomic mass is 10.2. The van der Waals surface area contributed by atoms with Gasteiger partial charge in [-0.15, -0.1) is 0 Å². The molecule has 0 bridgehead atoms. The number of hydrogen-bond donors (Lipinski definition) is 1. The first-order chi connectivity index (χ1) is 10.2. The van der Waals surface area contributed by atoms with Gasteiger partial charge in [-0.3, -0.25) is 4.31 Å². The molecule has 0 aliphatic carbocycles. The van der Waals surface area contributed by atoms with Gasteiger partial charge in [-0.1, -0.05) is 17.7 Å². The maximum atomic E-state index is 14.0. The fourth-order valence-electron chi connectivity index (χ4n) is 1.89. The normalized spacial score (nSPS) is 11.2. The predicted octanol–water partition coefficient (Wildman–Crippen LogP) is 2.66. The van der Waals surface area contributed by atoms with Gasteiger partial charge in [0.15, 0.2) is 0 Å². The Morgan fingerprint density at radius 3 is 2.23 bits per heavy atom. The van der Waals surface area contributed by atoms with Crippen LogP contribution in [0, 0.1) is 12.7 Å². The van der Waals surface area contributed by atoms with Gasteiger partial charge in [-0.2, -0.15) is 0 Å². The number of carbonyl (C=O) groups is 1. The topological polar surface area (TPSA) is 74.7 Å². The minimum absolute atomic E-state index is 0.0299. The van der Waals surface area contributed by atoms with Crippen molar-refractivity contribution in [2.45, 2.75) is 11.8 Å². The van der Waals surface area contributed by atoms with Crippen LogP contribution in [0.1, 0.15) is 15.9 Å². The molecule has 2 aromatic rings. The quantitative estimate of drug-likeness (QED) is 0.938. The van der Waals surface area contributed by atoms with Crippen molar-refractivity contribution in [3.63, 3.8) is 0 Å². The Morgan fingerprint density at radius 2 is 1.73 bits per heavy atom. The van der Waals surface area contributed by atoms with Crippen LogP contribution in [-0.4, -0.2) is 26.5 Å². The third kappa shape index (κ3) is 2.94. The molecule has 5 nitrogen and oxygen atoms in total. The number of carboxylic acids is 1. The van der Waals surface area contributed by atoms with Gasteiger partial charge in [0.25, 0.3) is 10.0 Å². The van der Waals surface area contributed by atoms with E-state index in [0.29, 0.717) is 0 Å². The third-order valence-electron chi connectivity index (χ3n) is 3.21. The molecule has 0 aliphatic heterocycles. The molecule has 0 spiro atoms. The number of anilines is 1. The number of carboxylic acid groups (broad SMARTS) is 1. The summed E-state index contributed by atoms with van der Waals surface area (Å²) in [4.78, 5) is 10.8. The standard InChI is InChI=1S/C15H14FNO4S/c1-10-3-6-12(7-4-10)22(20,21)17(2)14-8-5-11(15(18)19)9-13(14)16/h3-9H,1-2H3,(H,18,19). The molecule has 7 heteroatoms. The van der Waals surface area contributed by atoms with Crippen molar-refractivity contribution in [2.75, 3.05) is 11.4 Å². The van der Waals surface area contributed by atoms with Crippen LogP contribution in [0.15, 0.2) is 47.4 Å². The van der Waals surface area contributed by atoms with Crippen molar-refractivity contribution in [1.29, 1.82) is 0 Å². The number of benzene rings is 2. The maximum Gasteiger partial charge on any atom is 0.335 e. The second kappa shape index (κ2) is 5.76. The number of halogens is 1. The Labute approximate surface area is 127 Å². The number of aromatic carboxylic acids is 1. The average Bonchev–Trinajstić information content (AvgIpc) is 2.46. The molecule has 0 heterocycles. The highest BCUT2D eigenvalue weighted by molar-refractivity contribution is 7.92. The lowest BCUT2D eigenvalue weighted by Gasteiger charge is -2.20. The summed E-state index contributed by atoms with van der Waals surface area (Å²) in [5.41, 5.74) is 0.437. The van der Waals surface area contributed by atoms with E-state index in [1.54, 1.807) is 12.1 Å². The van der Waals surface area contributed by atoms with Crippen LogP contribution < -0.4 is 4.31 Å². The molecular weight excluding hydrogens is 309 g/mol. The van der Waals surface area contributed by atoms with E-state index < -0.39 is 21.8 Å². The first-order valence-corrected chi connectivity index (χ1v) is 7.76. The van der Waals surface area contributed by atoms with Crippen LogP contribution >= 0.6 is 0 Å². The van der Waals surface area contributed by atoms with Gasteiger partial charge in [0, 0.05) is 7.05 Å². The summed E-state index contributed by atoms with van der Waals surface area (Å²) in [5.74, 6) is -2.20. The summed E-state index contributed by atoms with van der Waals surface area (Å²) >= 11 is 0. The average molecular weight is 323 g/mol. The van der Waals surface area contributed by atoms with Crippen LogP contribution in [-0.2, 0) is 10.0 Å². The zero-order chi connectivity index (χ0) is 16.5. The first kappa shape index (κ1) is 16.0. The Bertz CT molecular complexity index is 816. The summed E-state index contributed by atoms with van der Waals surface area (Å²) in [7, 11) is -2.70. The van der Waals surface area contributed by atoms with Gasteiger partial charge in [-0.05, 0) is 37.3 Å². The molecule has 0 atom stereocenters. The largest absolute Gasteiger partial charge is 0.478 e. The van der Waals surface area contributed by atoms with Crippen molar-refractivity contribution >= 4 is 21.7 Å². The summed E-state index contributed by atoms with van der Waals surface area (Å²) in [5, 5.41) is 8.80. The minimum Gasteiger partial charge on any atom is -0.478 e. The fraction of sp³-hybridized carbons (Fsp3) is 0.133. The summed E-state index contributed by atoms with van der Waals surface area (Å²) in [6.07, 6.45) is 0. The first-order valence-electron chi connectivity index (χ1n) is 6.32. The number of hydrogen-bond acceptors (Lipinski definition) is 3. The van der Waals surface area contributed by atoms with Gasteiger partial charge in [0.2, 0.25) is 0 Å². The molecule has 0 radical (unpaired) electrons. The molecule has 0 aliphatic rings. The van der Waals surface area contributed by atoms with E-state index in [0.717, 1.165) is 28.1 Å². The van der Waals surface area contributed by atoms with Crippen LogP contribution in [0.2, 0.25) is 0 Å². The van der Waals surface area contributed by atoms with E-state index in [1.807, 2.05) is 6.92 Å². The number of sulfonamides is 1. The van der Waals surface area contributed by atoms with Crippen molar-refractivity contribution in [1.82, 2.24) is 0 Å². The highest BCUT2D eigenvalue weighted by Crippen LogP contribution is 2.25. The minimum atomic E-state index is -3.92. The van der Waals surface area contributed by atoms with E-state index in [4.69, 9.17) is 5.11 Å². The molecule has 116 valence electrons. The lowest BCUT2D eigenvalue weighted by Crippen LogP contribution is -2.27. The van der Waals surface area contributed by atoms with E-state index in [2.05, 4.69) is 0 Å². The Kier molecular flexibility index (Phi) is 4.18. The Hall–Kier alpha value is -2.41. The predicted molar refractivity (Wildman–Crippen MR) is 80.1 cm³/mol. The molecule has 0 unspecified atom stereocenters. The zero-order valence-electron chi connectivity index (χ0n) is 11.9. The smallest absolute Gasteiger partial charge is 0.335 e. The van der Waals surface area contributed by atoms with Gasteiger partial charge < -0.3 is 5.11 Å². The van der Waals surface area contributed by atoms with Crippen molar-refractivity contribution < 1.29 is 22.7 Å². The van der Waals surface area contributed by atoms with Crippen LogP contribution in [0.4, 0.5) is 10.1 Å². The van der Waals surface area contributed by atoms with E-state index in [-0.39, 0.29) is 16.1 Å². The zero-order valence-corrected chi connectivity index (χ0v) is 12.8. The monoisotopic (exact) mass is 323 g/mol. The number of nitrogens with zero attached hydrogens (tertiary/aromatic N) is 1. The summed E-state index contributed by atoms with van der Waals surface area (Å²) in [6, 6.07) is 9.23. The fourth-order valence-corrected chi connectivity index (χ4v) is 3.10. The molecule has 0 amide bonds. The van der Waals surface area contributed by atoms with Gasteiger partial charge in [-0.25, -0.2) is 17.6 Å².